The smallest absolute Gasteiger partial charge is 0.175 e. The Morgan fingerprint density at radius 3 is 2.67 bits per heavy atom. The Labute approximate surface area is 62.8 Å². The fourth-order valence-corrected chi connectivity index (χ4v) is 1.91. The molecule has 0 N–H and O–H groups in total. The van der Waals surface area contributed by atoms with Gasteiger partial charge in [0.15, 0.2) is 7.00 Å². The molecule has 51 valence electrons. The molecule has 1 nitrogen and oxygen atoms in total. The van der Waals surface area contributed by atoms with Crippen molar-refractivity contribution in [3.05, 3.63) is 0 Å². The summed E-state index contributed by atoms with van der Waals surface area (Å²) in [6.45, 7) is 3.10. The number of hydrogen-bond acceptors (Lipinski definition) is 1. The zero-order chi connectivity index (χ0) is 6.74. The maximum atomic E-state index is 5.60. The van der Waals surface area contributed by atoms with Crippen molar-refractivity contribution in [3.63, 3.8) is 0 Å². The molecular formula is C5H13BOPSi. The first-order valence-electron chi connectivity index (χ1n) is 3.47. The normalized spacial score (nSPS) is 36.6. The van der Waals surface area contributed by atoms with Gasteiger partial charge in [-0.25, -0.2) is 0 Å². The Bertz CT molecular complexity index is 95.0. The summed E-state index contributed by atoms with van der Waals surface area (Å²) >= 11 is 0. The molecule has 2 atom stereocenters. The van der Waals surface area contributed by atoms with Crippen LogP contribution in [0.15, 0.2) is 0 Å². The van der Waals surface area contributed by atoms with Crippen LogP contribution in [-0.2, 0) is 4.74 Å². The van der Waals surface area contributed by atoms with Crippen molar-refractivity contribution in [2.24, 2.45) is 0 Å². The van der Waals surface area contributed by atoms with E-state index >= 15 is 0 Å². The fraction of sp³-hybridized carbons (Fsp3) is 1.00. The third-order valence-corrected chi connectivity index (χ3v) is 4.35. The van der Waals surface area contributed by atoms with Gasteiger partial charge in [0.25, 0.3) is 0 Å². The number of ether oxygens (including phenoxy) is 1. The third-order valence-electron chi connectivity index (χ3n) is 1.85. The van der Waals surface area contributed by atoms with Gasteiger partial charge in [0.05, 0.1) is 0 Å². The lowest BCUT2D eigenvalue weighted by atomic mass is 9.89. The third kappa shape index (κ3) is 2.07. The predicted molar refractivity (Wildman–Crippen MR) is 47.9 cm³/mol. The first-order valence-corrected chi connectivity index (χ1v) is 5.14. The zero-order valence-electron chi connectivity index (χ0n) is 5.89. The molecule has 1 aliphatic rings. The molecule has 1 aliphatic heterocycles. The van der Waals surface area contributed by atoms with Crippen LogP contribution in [0, 0.1) is 0 Å². The summed E-state index contributed by atoms with van der Waals surface area (Å²) < 4.78 is 5.60. The van der Waals surface area contributed by atoms with Crippen LogP contribution in [-0.4, -0.2) is 29.0 Å². The van der Waals surface area contributed by atoms with E-state index in [-0.39, 0.29) is 5.12 Å². The Kier molecular flexibility index (Phi) is 2.75. The van der Waals surface area contributed by atoms with Crippen LogP contribution in [0.4, 0.5) is 0 Å². The van der Waals surface area contributed by atoms with Gasteiger partial charge < -0.3 is 4.74 Å². The molecule has 1 heterocycles. The second kappa shape index (κ2) is 3.18. The molecule has 0 aromatic rings. The highest BCUT2D eigenvalue weighted by molar-refractivity contribution is 7.56. The van der Waals surface area contributed by atoms with Gasteiger partial charge in [-0.2, -0.15) is 9.12 Å². The van der Waals surface area contributed by atoms with Crippen LogP contribution in [0.25, 0.3) is 0 Å². The molecule has 9 heavy (non-hydrogen) atoms. The number of hydrogen-bond donors (Lipinski definition) is 0. The Morgan fingerprint density at radius 1 is 1.56 bits per heavy atom. The van der Waals surface area contributed by atoms with E-state index in [4.69, 9.17) is 4.74 Å². The highest BCUT2D eigenvalue weighted by atomic mass is 31.0. The molecule has 0 aliphatic carbocycles. The standard InChI is InChI=1S/C5H13BOPSi/c8-6-5(9)3-1-2-4-7-5/h1-4,8H2,9H3. The van der Waals surface area contributed by atoms with E-state index in [1.807, 2.05) is 0 Å². The van der Waals surface area contributed by atoms with Gasteiger partial charge in [0, 0.05) is 22.0 Å². The minimum Gasteiger partial charge on any atom is -0.388 e. The van der Waals surface area contributed by atoms with Gasteiger partial charge in [0.2, 0.25) is 0 Å². The fourth-order valence-electron chi connectivity index (χ4n) is 1.09. The molecule has 0 aromatic heterocycles. The van der Waals surface area contributed by atoms with Crippen molar-refractivity contribution in [1.29, 1.82) is 0 Å². The van der Waals surface area contributed by atoms with E-state index in [1.165, 1.54) is 19.3 Å². The van der Waals surface area contributed by atoms with Crippen molar-refractivity contribution < 1.29 is 4.74 Å². The Balaban J connectivity index is 2.37. The lowest BCUT2D eigenvalue weighted by Gasteiger charge is -2.32. The van der Waals surface area contributed by atoms with Crippen LogP contribution < -0.4 is 0 Å². The topological polar surface area (TPSA) is 9.23 Å². The van der Waals surface area contributed by atoms with Gasteiger partial charge in [-0.15, -0.1) is 0 Å². The first kappa shape index (κ1) is 7.78. The molecule has 0 bridgehead atoms. The maximum absolute atomic E-state index is 5.60. The Hall–Kier alpha value is 0.672. The average Bonchev–Trinajstić information content (AvgIpc) is 1.90. The van der Waals surface area contributed by atoms with Crippen molar-refractivity contribution in [3.8, 4) is 0 Å². The van der Waals surface area contributed by atoms with Crippen LogP contribution in [0.5, 0.6) is 0 Å². The van der Waals surface area contributed by atoms with Crippen LogP contribution in [0.3, 0.4) is 0 Å². The number of rotatable bonds is 1. The molecule has 1 saturated heterocycles. The summed E-state index contributed by atoms with van der Waals surface area (Å²) in [5.74, 6) is 0. The lowest BCUT2D eigenvalue weighted by molar-refractivity contribution is 0.0375. The minimum absolute atomic E-state index is 0.197. The van der Waals surface area contributed by atoms with Crippen molar-refractivity contribution in [2.75, 3.05) is 6.61 Å². The first-order chi connectivity index (χ1) is 4.27. The largest absolute Gasteiger partial charge is 0.388 e. The van der Waals surface area contributed by atoms with Gasteiger partial charge in [0.1, 0.15) is 0 Å². The minimum atomic E-state index is 0.197. The second-order valence-electron chi connectivity index (χ2n) is 2.78. The molecule has 0 saturated carbocycles. The maximum Gasteiger partial charge on any atom is 0.175 e. The van der Waals surface area contributed by atoms with Crippen LogP contribution >= 0.6 is 9.12 Å². The van der Waals surface area contributed by atoms with Gasteiger partial charge in [-0.1, -0.05) is 0 Å². The monoisotopic (exact) mass is 159 g/mol. The molecule has 1 radical (unpaired) electrons. The summed E-state index contributed by atoms with van der Waals surface area (Å²) in [7, 11) is 3.79. The summed E-state index contributed by atoms with van der Waals surface area (Å²) in [6, 6.07) is 0. The quantitative estimate of drug-likeness (QED) is 0.377. The van der Waals surface area contributed by atoms with E-state index in [0.717, 1.165) is 16.8 Å². The summed E-state index contributed by atoms with van der Waals surface area (Å²) in [6.07, 6.45) is 3.83. The predicted octanol–water partition coefficient (Wildman–Crippen LogP) is -0.300. The molecule has 0 aromatic carbocycles. The zero-order valence-corrected chi connectivity index (χ0v) is 9.05. The average molecular weight is 159 g/mol. The molecule has 4 heteroatoms. The summed E-state index contributed by atoms with van der Waals surface area (Å²) in [4.78, 5) is 0. The SMILES string of the molecule is [SiH3]C1([B]P)CCCCO1. The highest BCUT2D eigenvalue weighted by Crippen LogP contribution is 2.21. The van der Waals surface area contributed by atoms with Crippen LogP contribution in [0.1, 0.15) is 19.3 Å². The molecular weight excluding hydrogens is 146 g/mol. The molecule has 1 rings (SSSR count). The second-order valence-corrected chi connectivity index (χ2v) is 4.81. The Morgan fingerprint density at radius 2 is 2.33 bits per heavy atom. The van der Waals surface area contributed by atoms with Gasteiger partial charge in [-0.3, -0.25) is 0 Å². The van der Waals surface area contributed by atoms with E-state index in [1.54, 1.807) is 0 Å². The van der Waals surface area contributed by atoms with E-state index in [2.05, 4.69) is 16.1 Å². The van der Waals surface area contributed by atoms with E-state index in [0.29, 0.717) is 0 Å². The molecule has 0 spiro atoms. The van der Waals surface area contributed by atoms with E-state index in [9.17, 15) is 0 Å². The molecule has 2 unspecified atom stereocenters. The van der Waals surface area contributed by atoms with Crippen molar-refractivity contribution >= 4 is 26.4 Å². The van der Waals surface area contributed by atoms with Gasteiger partial charge in [-0.05, 0) is 19.3 Å². The molecule has 0 amide bonds. The molecule has 1 fully saturated rings. The summed E-state index contributed by atoms with van der Waals surface area (Å²) in [5.41, 5.74) is 0. The lowest BCUT2D eigenvalue weighted by Crippen LogP contribution is -2.40. The van der Waals surface area contributed by atoms with Crippen molar-refractivity contribution in [2.45, 2.75) is 24.4 Å². The van der Waals surface area contributed by atoms with E-state index < -0.39 is 0 Å². The summed E-state index contributed by atoms with van der Waals surface area (Å²) in [5, 5.41) is 0.197. The van der Waals surface area contributed by atoms with Crippen molar-refractivity contribution in [1.82, 2.24) is 0 Å². The van der Waals surface area contributed by atoms with Gasteiger partial charge >= 0.3 is 0 Å². The highest BCUT2D eigenvalue weighted by Gasteiger charge is 2.25. The van der Waals surface area contributed by atoms with Crippen LogP contribution in [0.2, 0.25) is 0 Å².